The Morgan fingerprint density at radius 1 is 0.880 bits per heavy atom. The molecule has 3 nitrogen and oxygen atoms in total. The van der Waals surface area contributed by atoms with Crippen molar-refractivity contribution in [1.29, 1.82) is 0 Å². The minimum atomic E-state index is -0.298. The smallest absolute Gasteiger partial charge is 0.238 e. The van der Waals surface area contributed by atoms with Gasteiger partial charge in [0.2, 0.25) is 5.91 Å². The van der Waals surface area contributed by atoms with E-state index in [1.807, 2.05) is 79.7 Å². The fourth-order valence-corrected chi connectivity index (χ4v) is 3.62. The number of aromatic nitrogens is 1. The summed E-state index contributed by atoms with van der Waals surface area (Å²) in [6.45, 7) is 1.99. The topological polar surface area (TPSA) is 42.0 Å². The number of nitrogens with one attached hydrogen (secondary N) is 1. The molecule has 1 aromatic heterocycles. The molecule has 0 radical (unpaired) electrons. The molecule has 3 aromatic rings. The predicted molar refractivity (Wildman–Crippen MR) is 102 cm³/mol. The van der Waals surface area contributed by atoms with Crippen LogP contribution in [-0.4, -0.2) is 10.9 Å². The van der Waals surface area contributed by atoms with Crippen molar-refractivity contribution in [3.63, 3.8) is 0 Å². The molecule has 2 aromatic carbocycles. The molecule has 1 N–H and O–H groups in total. The highest BCUT2D eigenvalue weighted by Gasteiger charge is 2.23. The molecule has 1 heterocycles. The van der Waals surface area contributed by atoms with E-state index in [-0.39, 0.29) is 17.2 Å². The summed E-state index contributed by atoms with van der Waals surface area (Å²) in [5, 5.41) is 2.83. The molecular formula is C21H20N2OS. The lowest BCUT2D eigenvalue weighted by Gasteiger charge is -2.20. The molecule has 0 aliphatic rings. The minimum Gasteiger partial charge on any atom is -0.348 e. The number of amides is 1. The van der Waals surface area contributed by atoms with E-state index in [9.17, 15) is 4.79 Å². The van der Waals surface area contributed by atoms with Crippen LogP contribution in [0.25, 0.3) is 0 Å². The van der Waals surface area contributed by atoms with Crippen molar-refractivity contribution in [2.45, 2.75) is 23.1 Å². The maximum Gasteiger partial charge on any atom is 0.238 e. The zero-order valence-corrected chi connectivity index (χ0v) is 14.8. The van der Waals surface area contributed by atoms with Gasteiger partial charge in [0.05, 0.1) is 6.04 Å². The molecule has 25 heavy (non-hydrogen) atoms. The molecule has 4 heteroatoms. The third-order valence-electron chi connectivity index (χ3n) is 3.90. The Labute approximate surface area is 152 Å². The molecule has 1 amide bonds. The average Bonchev–Trinajstić information content (AvgIpc) is 2.68. The quantitative estimate of drug-likeness (QED) is 0.651. The fourth-order valence-electron chi connectivity index (χ4n) is 2.56. The second-order valence-electron chi connectivity index (χ2n) is 5.73. The molecule has 3 rings (SSSR count). The molecule has 0 saturated heterocycles. The van der Waals surface area contributed by atoms with E-state index in [0.717, 1.165) is 16.0 Å². The Bertz CT molecular complexity index is 794. The summed E-state index contributed by atoms with van der Waals surface area (Å²) in [5.41, 5.74) is 2.04. The van der Waals surface area contributed by atoms with Gasteiger partial charge in [0.15, 0.2) is 0 Å². The first kappa shape index (κ1) is 17.2. The predicted octanol–water partition coefficient (Wildman–Crippen LogP) is 4.79. The molecule has 0 unspecified atom stereocenters. The van der Waals surface area contributed by atoms with Crippen LogP contribution in [0, 0.1) is 0 Å². The van der Waals surface area contributed by atoms with Crippen LogP contribution in [0.5, 0.6) is 0 Å². The maximum atomic E-state index is 13.0. The van der Waals surface area contributed by atoms with Crippen LogP contribution in [-0.2, 0) is 4.79 Å². The number of thioether (sulfide) groups is 1. The van der Waals surface area contributed by atoms with Crippen molar-refractivity contribution in [3.8, 4) is 0 Å². The zero-order valence-electron chi connectivity index (χ0n) is 14.0. The molecule has 0 saturated carbocycles. The number of carbonyl (C=O) groups excluding carboxylic acids is 1. The molecule has 0 aliphatic heterocycles. The zero-order chi connectivity index (χ0) is 17.5. The number of carbonyl (C=O) groups is 1. The minimum absolute atomic E-state index is 0.00404. The second kappa shape index (κ2) is 8.49. The van der Waals surface area contributed by atoms with E-state index in [1.54, 1.807) is 24.2 Å². The summed E-state index contributed by atoms with van der Waals surface area (Å²) in [4.78, 5) is 18.1. The van der Waals surface area contributed by atoms with Gasteiger partial charge in [-0.25, -0.2) is 0 Å². The number of hydrogen-bond acceptors (Lipinski definition) is 3. The lowest BCUT2D eigenvalue weighted by molar-refractivity contribution is -0.121. The Kier molecular flexibility index (Phi) is 5.86. The highest BCUT2D eigenvalue weighted by atomic mass is 32.2. The fraction of sp³-hybridized carbons (Fsp3) is 0.143. The monoisotopic (exact) mass is 348 g/mol. The van der Waals surface area contributed by atoms with Gasteiger partial charge in [-0.2, -0.15) is 0 Å². The molecular weight excluding hydrogens is 328 g/mol. The molecule has 0 bridgehead atoms. The van der Waals surface area contributed by atoms with Gasteiger partial charge in [-0.1, -0.05) is 48.5 Å². The lowest BCUT2D eigenvalue weighted by atomic mass is 10.1. The van der Waals surface area contributed by atoms with E-state index in [0.29, 0.717) is 0 Å². The molecule has 0 spiro atoms. The van der Waals surface area contributed by atoms with E-state index in [4.69, 9.17) is 0 Å². The molecule has 2 atom stereocenters. The van der Waals surface area contributed by atoms with E-state index in [1.165, 1.54) is 0 Å². The van der Waals surface area contributed by atoms with Crippen molar-refractivity contribution in [1.82, 2.24) is 10.3 Å². The number of benzene rings is 2. The van der Waals surface area contributed by atoms with Crippen LogP contribution >= 0.6 is 11.8 Å². The normalized spacial score (nSPS) is 13.0. The summed E-state index contributed by atoms with van der Waals surface area (Å²) in [6, 6.07) is 23.7. The Morgan fingerprint density at radius 2 is 1.48 bits per heavy atom. The van der Waals surface area contributed by atoms with Gasteiger partial charge < -0.3 is 5.32 Å². The number of pyridine rings is 1. The summed E-state index contributed by atoms with van der Waals surface area (Å²) in [7, 11) is 0. The van der Waals surface area contributed by atoms with Crippen LogP contribution in [0.1, 0.15) is 29.3 Å². The molecule has 126 valence electrons. The van der Waals surface area contributed by atoms with Crippen molar-refractivity contribution >= 4 is 17.7 Å². The van der Waals surface area contributed by atoms with Gasteiger partial charge in [0.25, 0.3) is 0 Å². The SMILES string of the molecule is C[C@@H](NC(=O)[C@H](Sc1ccccc1)c1ccccc1)c1ccncc1. The van der Waals surface area contributed by atoms with Gasteiger partial charge >= 0.3 is 0 Å². The van der Waals surface area contributed by atoms with Gasteiger partial charge in [-0.15, -0.1) is 11.8 Å². The summed E-state index contributed by atoms with van der Waals surface area (Å²) in [5.74, 6) is 0.00404. The molecule has 0 fully saturated rings. The molecule has 0 aliphatic carbocycles. The van der Waals surface area contributed by atoms with Gasteiger partial charge in [0, 0.05) is 17.3 Å². The first-order chi connectivity index (χ1) is 12.2. The van der Waals surface area contributed by atoms with Crippen molar-refractivity contribution in [3.05, 3.63) is 96.3 Å². The summed E-state index contributed by atoms with van der Waals surface area (Å²) < 4.78 is 0. The third-order valence-corrected chi connectivity index (χ3v) is 5.17. The second-order valence-corrected chi connectivity index (χ2v) is 6.91. The van der Waals surface area contributed by atoms with Crippen LogP contribution in [0.3, 0.4) is 0 Å². The van der Waals surface area contributed by atoms with E-state index in [2.05, 4.69) is 10.3 Å². The van der Waals surface area contributed by atoms with Gasteiger partial charge in [0.1, 0.15) is 5.25 Å². The number of rotatable bonds is 6. The van der Waals surface area contributed by atoms with Crippen molar-refractivity contribution in [2.75, 3.05) is 0 Å². The number of hydrogen-bond donors (Lipinski definition) is 1. The van der Waals surface area contributed by atoms with Gasteiger partial charge in [-0.3, -0.25) is 9.78 Å². The Hall–Kier alpha value is -2.59. The Balaban J connectivity index is 1.80. The lowest BCUT2D eigenvalue weighted by Crippen LogP contribution is -2.30. The van der Waals surface area contributed by atoms with E-state index < -0.39 is 0 Å². The van der Waals surface area contributed by atoms with Crippen molar-refractivity contribution in [2.24, 2.45) is 0 Å². The Morgan fingerprint density at radius 3 is 2.12 bits per heavy atom. The highest BCUT2D eigenvalue weighted by Crippen LogP contribution is 2.35. The third kappa shape index (κ3) is 4.70. The standard InChI is InChI=1S/C21H20N2OS/c1-16(17-12-14-22-15-13-17)23-21(24)20(18-8-4-2-5-9-18)25-19-10-6-3-7-11-19/h2-16,20H,1H3,(H,23,24)/t16-,20-/m1/s1. The first-order valence-corrected chi connectivity index (χ1v) is 9.09. The highest BCUT2D eigenvalue weighted by molar-refractivity contribution is 8.00. The van der Waals surface area contributed by atoms with E-state index >= 15 is 0 Å². The summed E-state index contributed by atoms with van der Waals surface area (Å²) >= 11 is 1.56. The van der Waals surface area contributed by atoms with Crippen LogP contribution < -0.4 is 5.32 Å². The van der Waals surface area contributed by atoms with Crippen LogP contribution in [0.15, 0.2) is 90.1 Å². The largest absolute Gasteiger partial charge is 0.348 e. The maximum absolute atomic E-state index is 13.0. The van der Waals surface area contributed by atoms with Crippen LogP contribution in [0.2, 0.25) is 0 Å². The first-order valence-electron chi connectivity index (χ1n) is 8.21. The van der Waals surface area contributed by atoms with Crippen molar-refractivity contribution < 1.29 is 4.79 Å². The number of nitrogens with zero attached hydrogens (tertiary/aromatic N) is 1. The average molecular weight is 348 g/mol. The van der Waals surface area contributed by atoms with Crippen LogP contribution in [0.4, 0.5) is 0 Å². The van der Waals surface area contributed by atoms with Gasteiger partial charge in [-0.05, 0) is 42.3 Å². The summed E-state index contributed by atoms with van der Waals surface area (Å²) in [6.07, 6.45) is 3.48.